The van der Waals surface area contributed by atoms with E-state index in [-0.39, 0.29) is 24.1 Å². The van der Waals surface area contributed by atoms with Crippen molar-refractivity contribution in [2.75, 3.05) is 6.54 Å². The molecular weight excluding hydrogens is 329 g/mol. The quantitative estimate of drug-likeness (QED) is 0.647. The zero-order valence-electron chi connectivity index (χ0n) is 15.2. The van der Waals surface area contributed by atoms with Crippen LogP contribution in [0.4, 0.5) is 4.39 Å². The number of nitrogens with zero attached hydrogens (tertiary/aromatic N) is 2. The van der Waals surface area contributed by atoms with Gasteiger partial charge < -0.3 is 9.72 Å². The minimum atomic E-state index is -0.302. The van der Waals surface area contributed by atoms with Gasteiger partial charge in [0.2, 0.25) is 5.91 Å². The first kappa shape index (κ1) is 18.1. The number of amides is 1. The Kier molecular flexibility index (Phi) is 5.66. The van der Waals surface area contributed by atoms with Gasteiger partial charge in [-0.05, 0) is 48.7 Å². The Bertz CT molecular complexity index is 903. The molecule has 0 bridgehead atoms. The molecule has 1 amide bonds. The molecule has 2 heterocycles. The van der Waals surface area contributed by atoms with Gasteiger partial charge in [0.25, 0.3) is 0 Å². The molecule has 0 saturated carbocycles. The number of hydrogen-bond donors (Lipinski definition) is 1. The normalized spacial score (nSPS) is 12.3. The lowest BCUT2D eigenvalue weighted by Crippen LogP contribution is -2.26. The second kappa shape index (κ2) is 8.13. The summed E-state index contributed by atoms with van der Waals surface area (Å²) in [5, 5.41) is 2.96. The maximum absolute atomic E-state index is 13.8. The summed E-state index contributed by atoms with van der Waals surface area (Å²) in [4.78, 5) is 16.9. The fourth-order valence-electron chi connectivity index (χ4n) is 3.14. The summed E-state index contributed by atoms with van der Waals surface area (Å²) < 4.78 is 15.8. The van der Waals surface area contributed by atoms with E-state index in [2.05, 4.69) is 17.2 Å². The first-order valence-electron chi connectivity index (χ1n) is 9.04. The van der Waals surface area contributed by atoms with E-state index in [1.54, 1.807) is 12.3 Å². The van der Waals surface area contributed by atoms with Crippen molar-refractivity contribution in [3.8, 4) is 0 Å². The van der Waals surface area contributed by atoms with Crippen molar-refractivity contribution < 1.29 is 9.18 Å². The Labute approximate surface area is 153 Å². The molecular formula is C21H24FN3O. The minimum absolute atomic E-state index is 0.0326. The van der Waals surface area contributed by atoms with Gasteiger partial charge in [-0.1, -0.05) is 25.5 Å². The highest BCUT2D eigenvalue weighted by Crippen LogP contribution is 2.29. The van der Waals surface area contributed by atoms with Crippen molar-refractivity contribution in [3.63, 3.8) is 0 Å². The van der Waals surface area contributed by atoms with Gasteiger partial charge in [0.1, 0.15) is 11.5 Å². The van der Waals surface area contributed by atoms with Crippen LogP contribution in [0.3, 0.4) is 0 Å². The number of imidazole rings is 1. The smallest absolute Gasteiger partial charge is 0.221 e. The van der Waals surface area contributed by atoms with Crippen molar-refractivity contribution in [1.82, 2.24) is 14.7 Å². The molecule has 5 heteroatoms. The number of carbonyl (C=O) groups excluding carboxylic acids is 1. The van der Waals surface area contributed by atoms with Gasteiger partial charge >= 0.3 is 0 Å². The second-order valence-electron chi connectivity index (χ2n) is 6.63. The predicted molar refractivity (Wildman–Crippen MR) is 101 cm³/mol. The van der Waals surface area contributed by atoms with Gasteiger partial charge in [0.05, 0.1) is 5.69 Å². The van der Waals surface area contributed by atoms with Crippen LogP contribution in [0.5, 0.6) is 0 Å². The number of rotatable bonds is 7. The van der Waals surface area contributed by atoms with Gasteiger partial charge in [-0.3, -0.25) is 4.79 Å². The largest absolute Gasteiger partial charge is 0.356 e. The van der Waals surface area contributed by atoms with Crippen molar-refractivity contribution in [3.05, 3.63) is 71.4 Å². The molecule has 0 aliphatic carbocycles. The van der Waals surface area contributed by atoms with Crippen molar-refractivity contribution >= 4 is 11.6 Å². The molecule has 136 valence electrons. The second-order valence-corrected chi connectivity index (χ2v) is 6.63. The number of hydrogen-bond acceptors (Lipinski definition) is 2. The number of aryl methyl sites for hydroxylation is 1. The van der Waals surface area contributed by atoms with Crippen LogP contribution >= 0.6 is 0 Å². The van der Waals surface area contributed by atoms with Crippen LogP contribution in [0.25, 0.3) is 5.65 Å². The Morgan fingerprint density at radius 1 is 1.31 bits per heavy atom. The van der Waals surface area contributed by atoms with Crippen LogP contribution in [0, 0.1) is 12.7 Å². The van der Waals surface area contributed by atoms with Gasteiger partial charge in [-0.15, -0.1) is 0 Å². The summed E-state index contributed by atoms with van der Waals surface area (Å²) in [5.41, 5.74) is 3.61. The number of nitrogens with one attached hydrogen (secondary N) is 1. The summed E-state index contributed by atoms with van der Waals surface area (Å²) in [5.74, 6) is -0.594. The van der Waals surface area contributed by atoms with Gasteiger partial charge in [0.15, 0.2) is 0 Å². The first-order chi connectivity index (χ1) is 12.6. The molecule has 0 radical (unpaired) electrons. The van der Waals surface area contributed by atoms with E-state index >= 15 is 0 Å². The maximum atomic E-state index is 13.8. The Hall–Kier alpha value is -2.69. The summed E-state index contributed by atoms with van der Waals surface area (Å²) in [6.07, 6.45) is 5.97. The van der Waals surface area contributed by atoms with Crippen LogP contribution in [0.15, 0.2) is 48.8 Å². The number of pyridine rings is 1. The third-order valence-electron chi connectivity index (χ3n) is 4.55. The molecule has 0 spiro atoms. The molecule has 1 N–H and O–H groups in total. The minimum Gasteiger partial charge on any atom is -0.356 e. The summed E-state index contributed by atoms with van der Waals surface area (Å²) in [6.45, 7) is 4.76. The molecule has 1 aromatic carbocycles. The predicted octanol–water partition coefficient (Wildman–Crippen LogP) is 4.22. The van der Waals surface area contributed by atoms with Gasteiger partial charge in [-0.2, -0.15) is 0 Å². The Morgan fingerprint density at radius 3 is 2.92 bits per heavy atom. The van der Waals surface area contributed by atoms with E-state index in [0.29, 0.717) is 6.54 Å². The van der Waals surface area contributed by atoms with Gasteiger partial charge in [-0.25, -0.2) is 9.37 Å². The highest BCUT2D eigenvalue weighted by Gasteiger charge is 2.22. The zero-order valence-corrected chi connectivity index (χ0v) is 15.2. The number of fused-ring (bicyclic) bond motifs is 1. The van der Waals surface area contributed by atoms with E-state index < -0.39 is 0 Å². The van der Waals surface area contributed by atoms with Crippen molar-refractivity contribution in [2.45, 2.75) is 39.0 Å². The van der Waals surface area contributed by atoms with E-state index in [9.17, 15) is 9.18 Å². The third kappa shape index (κ3) is 4.10. The number of carbonyl (C=O) groups is 1. The summed E-state index contributed by atoms with van der Waals surface area (Å²) in [6, 6.07) is 10.5. The number of unbranched alkanes of at least 4 members (excludes halogenated alkanes) is 1. The monoisotopic (exact) mass is 353 g/mol. The van der Waals surface area contributed by atoms with Crippen LogP contribution in [0.2, 0.25) is 0 Å². The molecule has 0 fully saturated rings. The van der Waals surface area contributed by atoms with Crippen LogP contribution < -0.4 is 5.32 Å². The average Bonchev–Trinajstić information content (AvgIpc) is 3.02. The van der Waals surface area contributed by atoms with E-state index in [4.69, 9.17) is 0 Å². The maximum Gasteiger partial charge on any atom is 0.221 e. The highest BCUT2D eigenvalue weighted by molar-refractivity contribution is 5.77. The zero-order chi connectivity index (χ0) is 18.5. The highest BCUT2D eigenvalue weighted by atomic mass is 19.1. The lowest BCUT2D eigenvalue weighted by Gasteiger charge is -2.17. The van der Waals surface area contributed by atoms with Crippen LogP contribution in [0.1, 0.15) is 48.9 Å². The molecule has 0 saturated heterocycles. The Morgan fingerprint density at radius 2 is 2.15 bits per heavy atom. The van der Waals surface area contributed by atoms with Crippen LogP contribution in [-0.4, -0.2) is 21.8 Å². The number of aromatic nitrogens is 2. The fraction of sp³-hybridized carbons (Fsp3) is 0.333. The molecule has 2 aromatic heterocycles. The van der Waals surface area contributed by atoms with E-state index in [1.807, 2.05) is 35.7 Å². The molecule has 4 nitrogen and oxygen atoms in total. The first-order valence-corrected chi connectivity index (χ1v) is 9.04. The molecule has 1 atom stereocenters. The lowest BCUT2D eigenvalue weighted by atomic mass is 9.92. The molecule has 26 heavy (non-hydrogen) atoms. The lowest BCUT2D eigenvalue weighted by molar-refractivity contribution is -0.121. The van der Waals surface area contributed by atoms with Gasteiger partial charge in [0, 0.05) is 31.3 Å². The fourth-order valence-corrected chi connectivity index (χ4v) is 3.14. The SMILES string of the molecule is CCCCNC(=O)CC(c1cccc(F)c1)c1cnc2cc(C)ccn12. The average molecular weight is 353 g/mol. The molecule has 1 unspecified atom stereocenters. The summed E-state index contributed by atoms with van der Waals surface area (Å²) >= 11 is 0. The van der Waals surface area contributed by atoms with E-state index in [1.165, 1.54) is 12.1 Å². The van der Waals surface area contributed by atoms with E-state index in [0.717, 1.165) is 35.3 Å². The van der Waals surface area contributed by atoms with Crippen molar-refractivity contribution in [2.24, 2.45) is 0 Å². The molecule has 3 rings (SSSR count). The molecule has 0 aliphatic heterocycles. The molecule has 3 aromatic rings. The standard InChI is InChI=1S/C21H24FN3O/c1-3-4-9-23-21(26)13-18(16-6-5-7-17(22)12-16)19-14-24-20-11-15(2)8-10-25(19)20/h5-8,10-12,14,18H,3-4,9,13H2,1-2H3,(H,23,26). The molecule has 0 aliphatic rings. The summed E-state index contributed by atoms with van der Waals surface area (Å²) in [7, 11) is 0. The topological polar surface area (TPSA) is 46.4 Å². The third-order valence-corrected chi connectivity index (χ3v) is 4.55. The number of halogens is 1. The number of benzene rings is 1. The Balaban J connectivity index is 1.95. The van der Waals surface area contributed by atoms with Crippen LogP contribution in [-0.2, 0) is 4.79 Å². The van der Waals surface area contributed by atoms with Crippen molar-refractivity contribution in [1.29, 1.82) is 0 Å².